The molecule has 1 unspecified atom stereocenters. The first-order chi connectivity index (χ1) is 11.0. The summed E-state index contributed by atoms with van der Waals surface area (Å²) in [5.74, 6) is 1.77. The fourth-order valence-electron chi connectivity index (χ4n) is 2.42. The Morgan fingerprint density at radius 1 is 1.48 bits per heavy atom. The van der Waals surface area contributed by atoms with E-state index in [1.165, 1.54) is 0 Å². The lowest BCUT2D eigenvalue weighted by atomic mass is 10.2. The van der Waals surface area contributed by atoms with Crippen molar-refractivity contribution in [3.63, 3.8) is 0 Å². The molecule has 0 aliphatic carbocycles. The van der Waals surface area contributed by atoms with E-state index in [1.807, 2.05) is 24.3 Å². The van der Waals surface area contributed by atoms with Crippen LogP contribution in [0.1, 0.15) is 12.0 Å². The Morgan fingerprint density at radius 3 is 2.91 bits per heavy atom. The summed E-state index contributed by atoms with van der Waals surface area (Å²) in [5, 5.41) is 6.35. The Hall–Kier alpha value is -2.02. The minimum Gasteiger partial charge on any atom is -0.489 e. The number of nitrogens with zero attached hydrogens (tertiary/aromatic N) is 1. The number of ether oxygens (including phenoxy) is 1. The maximum atomic E-state index is 11.5. The van der Waals surface area contributed by atoms with Crippen LogP contribution in [0.2, 0.25) is 0 Å². The largest absolute Gasteiger partial charge is 0.489 e. The van der Waals surface area contributed by atoms with Crippen LogP contribution in [0.4, 0.5) is 0 Å². The minimum atomic E-state index is -2.91. The number of para-hydroxylation sites is 1. The first-order valence-corrected chi connectivity index (χ1v) is 9.35. The number of sulfone groups is 1. The minimum absolute atomic E-state index is 0.0848. The van der Waals surface area contributed by atoms with Gasteiger partial charge in [-0.05, 0) is 12.5 Å². The third-order valence-corrected chi connectivity index (χ3v) is 5.34. The summed E-state index contributed by atoms with van der Waals surface area (Å²) < 4.78 is 28.6. The van der Waals surface area contributed by atoms with Crippen molar-refractivity contribution in [1.29, 1.82) is 0 Å². The molecule has 0 amide bonds. The molecule has 1 aliphatic rings. The number of guanidine groups is 1. The van der Waals surface area contributed by atoms with E-state index in [0.717, 1.165) is 11.3 Å². The molecule has 23 heavy (non-hydrogen) atoms. The number of benzene rings is 1. The van der Waals surface area contributed by atoms with Gasteiger partial charge < -0.3 is 15.4 Å². The number of hydrogen-bond acceptors (Lipinski definition) is 4. The van der Waals surface area contributed by atoms with Gasteiger partial charge in [0.05, 0.1) is 11.5 Å². The van der Waals surface area contributed by atoms with Gasteiger partial charge in [-0.2, -0.15) is 0 Å². The first-order valence-electron chi connectivity index (χ1n) is 7.53. The molecule has 6 nitrogen and oxygen atoms in total. The molecule has 1 heterocycles. The van der Waals surface area contributed by atoms with Gasteiger partial charge in [0, 0.05) is 25.2 Å². The van der Waals surface area contributed by atoms with Crippen LogP contribution in [0.5, 0.6) is 5.75 Å². The van der Waals surface area contributed by atoms with Crippen LogP contribution in [0.15, 0.2) is 41.9 Å². The lowest BCUT2D eigenvalue weighted by Gasteiger charge is -2.17. The number of aliphatic imine (C=N–C) groups is 1. The lowest BCUT2D eigenvalue weighted by molar-refractivity contribution is 0.358. The normalized spacial score (nSPS) is 20.0. The molecule has 1 saturated heterocycles. The zero-order valence-corrected chi connectivity index (χ0v) is 14.1. The Kier molecular flexibility index (Phi) is 6.04. The van der Waals surface area contributed by atoms with Crippen molar-refractivity contribution >= 4 is 15.8 Å². The Balaban J connectivity index is 1.92. The molecule has 1 aromatic carbocycles. The van der Waals surface area contributed by atoms with E-state index in [1.54, 1.807) is 13.1 Å². The molecule has 1 aromatic rings. The van der Waals surface area contributed by atoms with Crippen LogP contribution >= 0.6 is 0 Å². The third kappa shape index (κ3) is 5.28. The van der Waals surface area contributed by atoms with Crippen molar-refractivity contribution in [3.05, 3.63) is 42.5 Å². The Bertz CT molecular complexity index is 671. The highest BCUT2D eigenvalue weighted by Crippen LogP contribution is 2.17. The van der Waals surface area contributed by atoms with Gasteiger partial charge in [-0.3, -0.25) is 4.99 Å². The Morgan fingerprint density at radius 2 is 2.26 bits per heavy atom. The summed E-state index contributed by atoms with van der Waals surface area (Å²) in [6.07, 6.45) is 2.31. The number of nitrogens with one attached hydrogen (secondary N) is 2. The SMILES string of the molecule is C=CCOc1ccccc1CNC(=NC)NC1CCS(=O)(=O)C1. The summed E-state index contributed by atoms with van der Waals surface area (Å²) in [7, 11) is -1.24. The van der Waals surface area contributed by atoms with Crippen molar-refractivity contribution < 1.29 is 13.2 Å². The predicted molar refractivity (Wildman–Crippen MR) is 92.5 cm³/mol. The van der Waals surface area contributed by atoms with Gasteiger partial charge in [0.15, 0.2) is 15.8 Å². The number of hydrogen-bond donors (Lipinski definition) is 2. The maximum Gasteiger partial charge on any atom is 0.191 e. The molecule has 0 saturated carbocycles. The second-order valence-electron chi connectivity index (χ2n) is 5.38. The van der Waals surface area contributed by atoms with Gasteiger partial charge in [0.25, 0.3) is 0 Å². The molecule has 0 bridgehead atoms. The summed E-state index contributed by atoms with van der Waals surface area (Å²) in [4.78, 5) is 4.15. The van der Waals surface area contributed by atoms with Crippen LogP contribution in [-0.4, -0.2) is 45.6 Å². The van der Waals surface area contributed by atoms with Gasteiger partial charge in [-0.15, -0.1) is 0 Å². The average Bonchev–Trinajstić information content (AvgIpc) is 2.89. The zero-order valence-electron chi connectivity index (χ0n) is 13.3. The van der Waals surface area contributed by atoms with Crippen molar-refractivity contribution in [3.8, 4) is 5.75 Å². The van der Waals surface area contributed by atoms with Crippen molar-refractivity contribution in [2.45, 2.75) is 19.0 Å². The highest BCUT2D eigenvalue weighted by Gasteiger charge is 2.28. The van der Waals surface area contributed by atoms with E-state index < -0.39 is 9.84 Å². The zero-order chi connectivity index (χ0) is 16.7. The van der Waals surface area contributed by atoms with E-state index >= 15 is 0 Å². The molecule has 0 spiro atoms. The smallest absolute Gasteiger partial charge is 0.191 e. The molecule has 0 radical (unpaired) electrons. The molecule has 126 valence electrons. The molecule has 1 fully saturated rings. The average molecular weight is 337 g/mol. The summed E-state index contributed by atoms with van der Waals surface area (Å²) in [5.41, 5.74) is 0.997. The van der Waals surface area contributed by atoms with Crippen LogP contribution in [0.25, 0.3) is 0 Å². The molecule has 2 N–H and O–H groups in total. The summed E-state index contributed by atoms with van der Waals surface area (Å²) >= 11 is 0. The van der Waals surface area contributed by atoms with E-state index in [4.69, 9.17) is 4.74 Å². The van der Waals surface area contributed by atoms with Crippen LogP contribution < -0.4 is 15.4 Å². The maximum absolute atomic E-state index is 11.5. The summed E-state index contributed by atoms with van der Waals surface area (Å²) in [6.45, 7) is 4.63. The van der Waals surface area contributed by atoms with E-state index in [9.17, 15) is 8.42 Å². The lowest BCUT2D eigenvalue weighted by Crippen LogP contribution is -2.43. The fraction of sp³-hybridized carbons (Fsp3) is 0.438. The predicted octanol–water partition coefficient (Wildman–Crippen LogP) is 1.10. The second-order valence-corrected chi connectivity index (χ2v) is 7.61. The molecule has 0 aromatic heterocycles. The highest BCUT2D eigenvalue weighted by atomic mass is 32.2. The van der Waals surface area contributed by atoms with Gasteiger partial charge in [0.1, 0.15) is 12.4 Å². The van der Waals surface area contributed by atoms with Crippen molar-refractivity contribution in [2.75, 3.05) is 25.2 Å². The first kappa shape index (κ1) is 17.3. The van der Waals surface area contributed by atoms with E-state index in [-0.39, 0.29) is 17.5 Å². The summed E-state index contributed by atoms with van der Waals surface area (Å²) in [6, 6.07) is 7.65. The van der Waals surface area contributed by atoms with Crippen LogP contribution in [0, 0.1) is 0 Å². The van der Waals surface area contributed by atoms with E-state index in [0.29, 0.717) is 25.5 Å². The van der Waals surface area contributed by atoms with Gasteiger partial charge >= 0.3 is 0 Å². The van der Waals surface area contributed by atoms with E-state index in [2.05, 4.69) is 22.2 Å². The highest BCUT2D eigenvalue weighted by molar-refractivity contribution is 7.91. The van der Waals surface area contributed by atoms with Crippen LogP contribution in [0.3, 0.4) is 0 Å². The van der Waals surface area contributed by atoms with Gasteiger partial charge in [-0.25, -0.2) is 8.42 Å². The third-order valence-electron chi connectivity index (χ3n) is 3.57. The molecular weight excluding hydrogens is 314 g/mol. The monoisotopic (exact) mass is 337 g/mol. The molecule has 1 aliphatic heterocycles. The number of rotatable bonds is 6. The van der Waals surface area contributed by atoms with Crippen LogP contribution in [-0.2, 0) is 16.4 Å². The molecule has 2 rings (SSSR count). The molecular formula is C16H23N3O3S. The quantitative estimate of drug-likeness (QED) is 0.462. The fourth-order valence-corrected chi connectivity index (χ4v) is 4.09. The van der Waals surface area contributed by atoms with Gasteiger partial charge in [0.2, 0.25) is 0 Å². The topological polar surface area (TPSA) is 79.8 Å². The Labute approximate surface area is 137 Å². The molecule has 7 heteroatoms. The van der Waals surface area contributed by atoms with Crippen molar-refractivity contribution in [2.24, 2.45) is 4.99 Å². The van der Waals surface area contributed by atoms with Gasteiger partial charge in [-0.1, -0.05) is 30.9 Å². The standard InChI is InChI=1S/C16H23N3O3S/c1-3-9-22-15-7-5-4-6-13(15)11-18-16(17-2)19-14-8-10-23(20,21)12-14/h3-7,14H,1,8-12H2,2H3,(H2,17,18,19). The van der Waals surface area contributed by atoms with Crippen molar-refractivity contribution in [1.82, 2.24) is 10.6 Å². The molecule has 1 atom stereocenters. The second kappa shape index (κ2) is 8.01.